The van der Waals surface area contributed by atoms with E-state index in [0.29, 0.717) is 25.1 Å². The molecule has 0 saturated carbocycles. The molecule has 0 unspecified atom stereocenters. The van der Waals surface area contributed by atoms with Gasteiger partial charge in [0.2, 0.25) is 5.91 Å². The molecule has 2 N–H and O–H groups in total. The average molecular weight is 414 g/mol. The third-order valence-corrected chi connectivity index (χ3v) is 5.43. The zero-order chi connectivity index (χ0) is 21.7. The van der Waals surface area contributed by atoms with Crippen LogP contribution in [0.3, 0.4) is 0 Å². The molecule has 0 radical (unpaired) electrons. The average Bonchev–Trinajstić information content (AvgIpc) is 2.71. The maximum absolute atomic E-state index is 13.1. The predicted octanol–water partition coefficient (Wildman–Crippen LogP) is 1.95. The third-order valence-electron chi connectivity index (χ3n) is 5.43. The van der Waals surface area contributed by atoms with Crippen molar-refractivity contribution in [2.75, 3.05) is 26.7 Å². The quantitative estimate of drug-likeness (QED) is 0.692. The van der Waals surface area contributed by atoms with Crippen molar-refractivity contribution in [1.29, 1.82) is 0 Å². The summed E-state index contributed by atoms with van der Waals surface area (Å²) in [5.74, 6) is -0.106. The zero-order valence-electron chi connectivity index (χ0n) is 17.2. The van der Waals surface area contributed by atoms with Crippen LogP contribution in [0, 0.1) is 11.2 Å². The molecule has 1 heterocycles. The van der Waals surface area contributed by atoms with Crippen molar-refractivity contribution < 1.29 is 23.8 Å². The Labute approximate surface area is 175 Å². The fraction of sp³-hybridized carbons (Fsp3) is 0.391. The molecule has 0 spiro atoms. The van der Waals surface area contributed by atoms with Gasteiger partial charge in [-0.3, -0.25) is 9.59 Å². The third kappa shape index (κ3) is 4.97. The lowest BCUT2D eigenvalue weighted by Crippen LogP contribution is -2.66. The molecular weight excluding hydrogens is 387 g/mol. The van der Waals surface area contributed by atoms with Gasteiger partial charge < -0.3 is 20.1 Å². The fourth-order valence-electron chi connectivity index (χ4n) is 3.77. The number of benzene rings is 2. The molecule has 1 atom stereocenters. The first-order valence-corrected chi connectivity index (χ1v) is 9.95. The number of hydrogen-bond donors (Lipinski definition) is 2. The van der Waals surface area contributed by atoms with E-state index >= 15 is 0 Å². The first-order chi connectivity index (χ1) is 14.3. The van der Waals surface area contributed by atoms with Gasteiger partial charge in [0, 0.05) is 19.6 Å². The van der Waals surface area contributed by atoms with E-state index in [1.54, 1.807) is 19.2 Å². The molecule has 0 bridgehead atoms. The lowest BCUT2D eigenvalue weighted by atomic mass is 9.73. The minimum absolute atomic E-state index is 0.137. The van der Waals surface area contributed by atoms with Crippen molar-refractivity contribution in [3.63, 3.8) is 0 Å². The number of ether oxygens (including phenoxy) is 1. The van der Waals surface area contributed by atoms with Crippen LogP contribution < -0.4 is 10.1 Å². The second-order valence-electron chi connectivity index (χ2n) is 7.81. The summed E-state index contributed by atoms with van der Waals surface area (Å²) in [6.07, 6.45) is -0.0605. The van der Waals surface area contributed by atoms with Gasteiger partial charge in [-0.25, -0.2) is 4.39 Å². The standard InChI is InChI=1S/C23H27FN2O4/c1-16(27)21(28)26-14-23(15-26,13-18-4-3-5-20(12-18)30-2)22(29)25-11-10-17-6-8-19(24)9-7-17/h3-9,12,16,27H,10-11,13-15H2,1-2H3,(H,25,29)/t16-/m1/s1. The van der Waals surface area contributed by atoms with E-state index < -0.39 is 11.5 Å². The monoisotopic (exact) mass is 414 g/mol. The van der Waals surface area contributed by atoms with Gasteiger partial charge in [-0.05, 0) is 55.2 Å². The lowest BCUT2D eigenvalue weighted by Gasteiger charge is -2.49. The summed E-state index contributed by atoms with van der Waals surface area (Å²) >= 11 is 0. The van der Waals surface area contributed by atoms with Gasteiger partial charge in [0.25, 0.3) is 5.91 Å². The minimum Gasteiger partial charge on any atom is -0.497 e. The van der Waals surface area contributed by atoms with Gasteiger partial charge in [-0.1, -0.05) is 24.3 Å². The van der Waals surface area contributed by atoms with Gasteiger partial charge in [0.15, 0.2) is 0 Å². The van der Waals surface area contributed by atoms with Gasteiger partial charge in [-0.2, -0.15) is 0 Å². The van der Waals surface area contributed by atoms with Gasteiger partial charge in [0.05, 0.1) is 12.5 Å². The second-order valence-corrected chi connectivity index (χ2v) is 7.81. The molecule has 30 heavy (non-hydrogen) atoms. The molecule has 2 amide bonds. The van der Waals surface area contributed by atoms with Crippen LogP contribution in [0.4, 0.5) is 4.39 Å². The molecule has 1 saturated heterocycles. The van der Waals surface area contributed by atoms with Crippen LogP contribution in [-0.2, 0) is 22.4 Å². The van der Waals surface area contributed by atoms with Crippen LogP contribution >= 0.6 is 0 Å². The van der Waals surface area contributed by atoms with Crippen LogP contribution in [0.2, 0.25) is 0 Å². The molecule has 3 rings (SSSR count). The first kappa shape index (κ1) is 21.8. The summed E-state index contributed by atoms with van der Waals surface area (Å²) in [6, 6.07) is 13.7. The number of carbonyl (C=O) groups excluding carboxylic acids is 2. The van der Waals surface area contributed by atoms with E-state index in [1.807, 2.05) is 24.3 Å². The number of aliphatic hydroxyl groups excluding tert-OH is 1. The van der Waals surface area contributed by atoms with Crippen LogP contribution in [0.15, 0.2) is 48.5 Å². The number of halogens is 1. The highest BCUT2D eigenvalue weighted by atomic mass is 19.1. The van der Waals surface area contributed by atoms with Gasteiger partial charge in [-0.15, -0.1) is 0 Å². The molecule has 1 aliphatic heterocycles. The predicted molar refractivity (Wildman–Crippen MR) is 111 cm³/mol. The first-order valence-electron chi connectivity index (χ1n) is 9.95. The maximum atomic E-state index is 13.1. The number of methoxy groups -OCH3 is 1. The number of hydrogen-bond acceptors (Lipinski definition) is 4. The Hall–Kier alpha value is -2.93. The van der Waals surface area contributed by atoms with E-state index in [1.165, 1.54) is 24.0 Å². The molecule has 2 aromatic carbocycles. The highest BCUT2D eigenvalue weighted by Crippen LogP contribution is 2.35. The number of aliphatic hydroxyl groups is 1. The van der Waals surface area contributed by atoms with Crippen molar-refractivity contribution in [1.82, 2.24) is 10.2 Å². The van der Waals surface area contributed by atoms with Crippen LogP contribution in [0.1, 0.15) is 18.1 Å². The number of amides is 2. The van der Waals surface area contributed by atoms with Crippen LogP contribution in [0.5, 0.6) is 5.75 Å². The molecule has 160 valence electrons. The van der Waals surface area contributed by atoms with Crippen molar-refractivity contribution >= 4 is 11.8 Å². The Morgan fingerprint density at radius 3 is 2.53 bits per heavy atom. The maximum Gasteiger partial charge on any atom is 0.251 e. The normalized spacial score (nSPS) is 15.8. The Balaban J connectivity index is 1.68. The SMILES string of the molecule is COc1cccc(CC2(C(=O)NCCc3ccc(F)cc3)CN(C(=O)[C@@H](C)O)C2)c1. The van der Waals surface area contributed by atoms with E-state index in [-0.39, 0.29) is 30.7 Å². The number of carbonyl (C=O) groups is 2. The number of likely N-dealkylation sites (tertiary alicyclic amines) is 1. The molecule has 0 aromatic heterocycles. The molecule has 6 nitrogen and oxygen atoms in total. The summed E-state index contributed by atoms with van der Waals surface area (Å²) in [5.41, 5.74) is 1.10. The molecule has 1 aliphatic rings. The highest BCUT2D eigenvalue weighted by molar-refractivity contribution is 5.89. The topological polar surface area (TPSA) is 78.9 Å². The van der Waals surface area contributed by atoms with Crippen molar-refractivity contribution in [2.45, 2.75) is 25.9 Å². The molecule has 0 aliphatic carbocycles. The second kappa shape index (κ2) is 9.26. The van der Waals surface area contributed by atoms with E-state index in [9.17, 15) is 19.1 Å². The van der Waals surface area contributed by atoms with Crippen LogP contribution in [-0.4, -0.2) is 54.7 Å². The summed E-state index contributed by atoms with van der Waals surface area (Å²) < 4.78 is 18.3. The van der Waals surface area contributed by atoms with Crippen molar-refractivity contribution in [3.8, 4) is 5.75 Å². The van der Waals surface area contributed by atoms with Crippen LogP contribution in [0.25, 0.3) is 0 Å². The zero-order valence-corrected chi connectivity index (χ0v) is 17.2. The highest BCUT2D eigenvalue weighted by Gasteiger charge is 2.51. The number of nitrogens with one attached hydrogen (secondary N) is 1. The van der Waals surface area contributed by atoms with Crippen molar-refractivity contribution in [2.24, 2.45) is 5.41 Å². The Morgan fingerprint density at radius 1 is 1.20 bits per heavy atom. The summed E-state index contributed by atoms with van der Waals surface area (Å²) in [5, 5.41) is 12.5. The molecular formula is C23H27FN2O4. The molecule has 7 heteroatoms. The Bertz CT molecular complexity index is 892. The number of nitrogens with zero attached hydrogens (tertiary/aromatic N) is 1. The van der Waals surface area contributed by atoms with Crippen molar-refractivity contribution in [3.05, 3.63) is 65.5 Å². The largest absolute Gasteiger partial charge is 0.497 e. The smallest absolute Gasteiger partial charge is 0.251 e. The fourth-order valence-corrected chi connectivity index (χ4v) is 3.77. The van der Waals surface area contributed by atoms with E-state index in [2.05, 4.69) is 5.32 Å². The summed E-state index contributed by atoms with van der Waals surface area (Å²) in [7, 11) is 1.59. The van der Waals surface area contributed by atoms with E-state index in [4.69, 9.17) is 4.74 Å². The lowest BCUT2D eigenvalue weighted by molar-refractivity contribution is -0.159. The minimum atomic E-state index is -1.10. The Morgan fingerprint density at radius 2 is 1.90 bits per heavy atom. The Kier molecular flexibility index (Phi) is 6.72. The molecule has 1 fully saturated rings. The number of rotatable bonds is 8. The molecule has 2 aromatic rings. The van der Waals surface area contributed by atoms with Gasteiger partial charge in [0.1, 0.15) is 17.7 Å². The summed E-state index contributed by atoms with van der Waals surface area (Å²) in [6.45, 7) is 2.33. The van der Waals surface area contributed by atoms with Gasteiger partial charge >= 0.3 is 0 Å². The summed E-state index contributed by atoms with van der Waals surface area (Å²) in [4.78, 5) is 26.7. The van der Waals surface area contributed by atoms with E-state index in [0.717, 1.165) is 11.1 Å².